The summed E-state index contributed by atoms with van der Waals surface area (Å²) in [5, 5.41) is 8.81. The van der Waals surface area contributed by atoms with Crippen molar-refractivity contribution in [1.29, 1.82) is 0 Å². The first-order valence-corrected chi connectivity index (χ1v) is 4.81. The van der Waals surface area contributed by atoms with Gasteiger partial charge in [-0.2, -0.15) is 0 Å². The van der Waals surface area contributed by atoms with Gasteiger partial charge in [-0.25, -0.2) is 0 Å². The molecule has 1 fully saturated rings. The predicted molar refractivity (Wildman–Crippen MR) is 51.3 cm³/mol. The van der Waals surface area contributed by atoms with Crippen molar-refractivity contribution in [3.63, 3.8) is 0 Å². The van der Waals surface area contributed by atoms with Crippen LogP contribution in [0, 0.1) is 17.3 Å². The Bertz CT molecular complexity index is 318. The van der Waals surface area contributed by atoms with E-state index in [1.165, 1.54) is 0 Å². The number of carbonyl (C=O) groups is 1. The van der Waals surface area contributed by atoms with Crippen molar-refractivity contribution in [2.45, 2.75) is 19.8 Å². The van der Waals surface area contributed by atoms with E-state index in [-0.39, 0.29) is 11.9 Å². The second-order valence-electron chi connectivity index (χ2n) is 4.39. The van der Waals surface area contributed by atoms with Crippen LogP contribution in [0.1, 0.15) is 19.8 Å². The molecule has 3 heteroatoms. The lowest BCUT2D eigenvalue weighted by molar-refractivity contribution is -0.156. The van der Waals surface area contributed by atoms with Crippen LogP contribution in [0.2, 0.25) is 0 Å². The molecule has 2 aliphatic rings. The molecule has 0 radical (unpaired) electrons. The Kier molecular flexibility index (Phi) is 1.91. The molecule has 3 nitrogen and oxygen atoms in total. The lowest BCUT2D eigenvalue weighted by atomic mass is 9.78. The molecule has 0 aliphatic heterocycles. The Labute approximate surface area is 83.1 Å². The summed E-state index contributed by atoms with van der Waals surface area (Å²) in [5.74, 6) is -0.103. The SMILES string of the molecule is C=C(O)OC(=O)C1(C)CC2C=CC1C2. The molecule has 3 unspecified atom stereocenters. The molecule has 0 spiro atoms. The molecule has 1 N–H and O–H groups in total. The quantitative estimate of drug-likeness (QED) is 0.416. The van der Waals surface area contributed by atoms with Gasteiger partial charge in [0.05, 0.1) is 5.41 Å². The van der Waals surface area contributed by atoms with Gasteiger partial charge in [0.2, 0.25) is 0 Å². The Morgan fingerprint density at radius 1 is 1.64 bits per heavy atom. The molecule has 0 heterocycles. The molecular formula is C11H14O3. The molecule has 2 bridgehead atoms. The molecule has 14 heavy (non-hydrogen) atoms. The first-order valence-electron chi connectivity index (χ1n) is 4.81. The number of carbonyl (C=O) groups excluding carboxylic acids is 1. The smallest absolute Gasteiger partial charge is 0.320 e. The lowest BCUT2D eigenvalue weighted by Crippen LogP contribution is -2.33. The molecular weight excluding hydrogens is 180 g/mol. The number of fused-ring (bicyclic) bond motifs is 2. The van der Waals surface area contributed by atoms with E-state index < -0.39 is 11.4 Å². The second kappa shape index (κ2) is 2.87. The van der Waals surface area contributed by atoms with Crippen LogP contribution in [0.4, 0.5) is 0 Å². The Morgan fingerprint density at radius 2 is 2.36 bits per heavy atom. The second-order valence-corrected chi connectivity index (χ2v) is 4.39. The van der Waals surface area contributed by atoms with E-state index in [1.807, 2.05) is 6.92 Å². The average Bonchev–Trinajstić information content (AvgIpc) is 2.62. The van der Waals surface area contributed by atoms with Gasteiger partial charge in [0.25, 0.3) is 5.95 Å². The Morgan fingerprint density at radius 3 is 2.79 bits per heavy atom. The summed E-state index contributed by atoms with van der Waals surface area (Å²) in [7, 11) is 0. The van der Waals surface area contributed by atoms with E-state index in [1.54, 1.807) is 0 Å². The van der Waals surface area contributed by atoms with Gasteiger partial charge in [0, 0.05) is 0 Å². The molecule has 76 valence electrons. The highest BCUT2D eigenvalue weighted by Gasteiger charge is 2.51. The third-order valence-electron chi connectivity index (χ3n) is 3.35. The van der Waals surface area contributed by atoms with Crippen molar-refractivity contribution in [1.82, 2.24) is 0 Å². The van der Waals surface area contributed by atoms with Crippen molar-refractivity contribution in [2.24, 2.45) is 17.3 Å². The topological polar surface area (TPSA) is 46.5 Å². The van der Waals surface area contributed by atoms with Crippen molar-refractivity contribution < 1.29 is 14.6 Å². The van der Waals surface area contributed by atoms with Gasteiger partial charge < -0.3 is 9.84 Å². The fourth-order valence-electron chi connectivity index (χ4n) is 2.55. The molecule has 0 aromatic carbocycles. The van der Waals surface area contributed by atoms with Crippen LogP contribution in [0.3, 0.4) is 0 Å². The average molecular weight is 194 g/mol. The third-order valence-corrected chi connectivity index (χ3v) is 3.35. The first-order chi connectivity index (χ1) is 6.52. The van der Waals surface area contributed by atoms with Crippen molar-refractivity contribution >= 4 is 5.97 Å². The van der Waals surface area contributed by atoms with Gasteiger partial charge in [-0.3, -0.25) is 4.79 Å². The summed E-state index contributed by atoms with van der Waals surface area (Å²) in [6.45, 7) is 5.05. The van der Waals surface area contributed by atoms with Crippen LogP contribution < -0.4 is 0 Å². The monoisotopic (exact) mass is 194 g/mol. The van der Waals surface area contributed by atoms with E-state index in [9.17, 15) is 4.79 Å². The fourth-order valence-corrected chi connectivity index (χ4v) is 2.55. The number of rotatable bonds is 2. The molecule has 0 aromatic heterocycles. The summed E-state index contributed by atoms with van der Waals surface area (Å²) >= 11 is 0. The molecule has 3 atom stereocenters. The van der Waals surface area contributed by atoms with Gasteiger partial charge in [-0.1, -0.05) is 12.2 Å². The number of aliphatic hydroxyl groups is 1. The molecule has 0 aromatic rings. The van der Waals surface area contributed by atoms with E-state index in [2.05, 4.69) is 23.5 Å². The zero-order chi connectivity index (χ0) is 10.3. The summed E-state index contributed by atoms with van der Waals surface area (Å²) in [4.78, 5) is 11.7. The van der Waals surface area contributed by atoms with E-state index in [0.29, 0.717) is 5.92 Å². The standard InChI is InChI=1S/C11H14O3/c1-7(12)14-10(13)11(2)6-8-3-4-9(11)5-8/h3-4,8-9,12H,1,5-6H2,2H3. The molecule has 0 amide bonds. The van der Waals surface area contributed by atoms with Crippen LogP contribution in [0.25, 0.3) is 0 Å². The van der Waals surface area contributed by atoms with E-state index >= 15 is 0 Å². The third kappa shape index (κ3) is 1.24. The lowest BCUT2D eigenvalue weighted by Gasteiger charge is -2.28. The number of aliphatic hydroxyl groups excluding tert-OH is 1. The van der Waals surface area contributed by atoms with Crippen LogP contribution in [-0.4, -0.2) is 11.1 Å². The normalized spacial score (nSPS) is 38.6. The minimum Gasteiger partial charge on any atom is -0.481 e. The van der Waals surface area contributed by atoms with Gasteiger partial charge in [0.15, 0.2) is 0 Å². The first kappa shape index (κ1) is 9.31. The molecule has 2 aliphatic carbocycles. The van der Waals surface area contributed by atoms with E-state index in [0.717, 1.165) is 12.8 Å². The maximum absolute atomic E-state index is 11.7. The van der Waals surface area contributed by atoms with Crippen LogP contribution in [0.5, 0.6) is 0 Å². The number of hydrogen-bond donors (Lipinski definition) is 1. The maximum Gasteiger partial charge on any atom is 0.320 e. The number of hydrogen-bond acceptors (Lipinski definition) is 3. The van der Waals surface area contributed by atoms with Gasteiger partial charge in [-0.15, -0.1) is 0 Å². The highest BCUT2D eigenvalue weighted by Crippen LogP contribution is 2.52. The van der Waals surface area contributed by atoms with Crippen LogP contribution in [0.15, 0.2) is 24.7 Å². The molecule has 2 rings (SSSR count). The van der Waals surface area contributed by atoms with Crippen molar-refractivity contribution in [3.05, 3.63) is 24.7 Å². The van der Waals surface area contributed by atoms with Crippen LogP contribution in [-0.2, 0) is 9.53 Å². The highest BCUT2D eigenvalue weighted by atomic mass is 16.6. The molecule has 0 saturated heterocycles. The number of allylic oxidation sites excluding steroid dienone is 2. The summed E-state index contributed by atoms with van der Waals surface area (Å²) in [5.41, 5.74) is -0.467. The molecule has 1 saturated carbocycles. The highest BCUT2D eigenvalue weighted by molar-refractivity contribution is 5.78. The number of ether oxygens (including phenoxy) is 1. The summed E-state index contributed by atoms with van der Waals surface area (Å²) in [6, 6.07) is 0. The van der Waals surface area contributed by atoms with E-state index in [4.69, 9.17) is 5.11 Å². The summed E-state index contributed by atoms with van der Waals surface area (Å²) in [6.07, 6.45) is 6.09. The summed E-state index contributed by atoms with van der Waals surface area (Å²) < 4.78 is 4.68. The zero-order valence-electron chi connectivity index (χ0n) is 8.19. The van der Waals surface area contributed by atoms with Gasteiger partial charge in [-0.05, 0) is 38.2 Å². The zero-order valence-corrected chi connectivity index (χ0v) is 8.19. The predicted octanol–water partition coefficient (Wildman–Crippen LogP) is 2.16. The van der Waals surface area contributed by atoms with Gasteiger partial charge in [0.1, 0.15) is 0 Å². The van der Waals surface area contributed by atoms with Crippen molar-refractivity contribution in [2.75, 3.05) is 0 Å². The minimum absolute atomic E-state index is 0.263. The minimum atomic E-state index is -0.511. The van der Waals surface area contributed by atoms with Crippen molar-refractivity contribution in [3.8, 4) is 0 Å². The largest absolute Gasteiger partial charge is 0.481 e. The fraction of sp³-hybridized carbons (Fsp3) is 0.545. The van der Waals surface area contributed by atoms with Gasteiger partial charge >= 0.3 is 5.97 Å². The Hall–Kier alpha value is -1.25. The Balaban J connectivity index is 2.14. The maximum atomic E-state index is 11.7. The number of esters is 1. The van der Waals surface area contributed by atoms with Crippen LogP contribution >= 0.6 is 0 Å².